The molecule has 0 bridgehead atoms. The van der Waals surface area contributed by atoms with Crippen molar-refractivity contribution in [3.05, 3.63) is 58.9 Å². The van der Waals surface area contributed by atoms with Gasteiger partial charge in [0.1, 0.15) is 0 Å². The number of hydrogen-bond donors (Lipinski definition) is 1. The average molecular weight is 420 g/mol. The smallest absolute Gasteiger partial charge is 0.349 e. The summed E-state index contributed by atoms with van der Waals surface area (Å²) in [5, 5.41) is 6.64. The van der Waals surface area contributed by atoms with E-state index in [1.165, 1.54) is 5.57 Å². The minimum Gasteiger partial charge on any atom is -0.349 e. The molecule has 3 rings (SSSR count). The summed E-state index contributed by atoms with van der Waals surface area (Å²) in [7, 11) is 0. The first-order chi connectivity index (χ1) is 14.1. The predicted octanol–water partition coefficient (Wildman–Crippen LogP) is 4.36. The summed E-state index contributed by atoms with van der Waals surface area (Å²) in [6.45, 7) is 8.38. The van der Waals surface area contributed by atoms with Crippen molar-refractivity contribution in [2.24, 2.45) is 0 Å². The maximum absolute atomic E-state index is 13.8. The fourth-order valence-corrected chi connectivity index (χ4v) is 3.50. The van der Waals surface area contributed by atoms with Crippen molar-refractivity contribution >= 4 is 5.91 Å². The number of nitrogens with zero attached hydrogens (tertiary/aromatic N) is 3. The lowest BCUT2D eigenvalue weighted by Gasteiger charge is -2.31. The Morgan fingerprint density at radius 3 is 2.40 bits per heavy atom. The highest BCUT2D eigenvalue weighted by atomic mass is 19.4. The second kappa shape index (κ2) is 9.04. The Kier molecular flexibility index (Phi) is 6.65. The van der Waals surface area contributed by atoms with Gasteiger partial charge in [0.05, 0.1) is 17.4 Å². The quantitative estimate of drug-likeness (QED) is 0.732. The normalized spacial score (nSPS) is 15.8. The van der Waals surface area contributed by atoms with Gasteiger partial charge in [-0.1, -0.05) is 29.3 Å². The molecule has 0 aliphatic carbocycles. The molecule has 5 nitrogen and oxygen atoms in total. The van der Waals surface area contributed by atoms with E-state index in [1.54, 1.807) is 24.3 Å². The van der Waals surface area contributed by atoms with Gasteiger partial charge in [-0.25, -0.2) is 4.68 Å². The SMILES string of the molecule is CC(C)=CCN1CCC(NC(=O)c2cnn(-c3ccc(C)cc3)c2C(F)(F)F)CC1. The highest BCUT2D eigenvalue weighted by molar-refractivity contribution is 5.95. The Hall–Kier alpha value is -2.61. The van der Waals surface area contributed by atoms with Crippen LogP contribution in [0.1, 0.15) is 48.3 Å². The Labute approximate surface area is 174 Å². The number of aryl methyl sites for hydroxylation is 1. The van der Waals surface area contributed by atoms with E-state index in [9.17, 15) is 18.0 Å². The minimum atomic E-state index is -4.71. The van der Waals surface area contributed by atoms with Crippen molar-refractivity contribution in [1.29, 1.82) is 0 Å². The number of amides is 1. The Morgan fingerprint density at radius 2 is 1.83 bits per heavy atom. The number of rotatable bonds is 5. The third kappa shape index (κ3) is 5.30. The van der Waals surface area contributed by atoms with E-state index in [1.807, 2.05) is 20.8 Å². The molecule has 0 atom stereocenters. The van der Waals surface area contributed by atoms with Crippen LogP contribution < -0.4 is 5.32 Å². The molecule has 0 spiro atoms. The zero-order valence-electron chi connectivity index (χ0n) is 17.5. The third-order valence-corrected chi connectivity index (χ3v) is 5.24. The van der Waals surface area contributed by atoms with E-state index in [4.69, 9.17) is 0 Å². The lowest BCUT2D eigenvalue weighted by molar-refractivity contribution is -0.143. The predicted molar refractivity (Wildman–Crippen MR) is 110 cm³/mol. The summed E-state index contributed by atoms with van der Waals surface area (Å²) in [4.78, 5) is 15.0. The molecule has 1 aliphatic rings. The second-order valence-electron chi connectivity index (χ2n) is 7.98. The maximum Gasteiger partial charge on any atom is 0.434 e. The van der Waals surface area contributed by atoms with Crippen LogP contribution in [0.15, 0.2) is 42.1 Å². The van der Waals surface area contributed by atoms with E-state index in [2.05, 4.69) is 21.4 Å². The van der Waals surface area contributed by atoms with Crippen LogP contribution in [0.4, 0.5) is 13.2 Å². The molecular weight excluding hydrogens is 393 g/mol. The highest BCUT2D eigenvalue weighted by Gasteiger charge is 2.41. The fourth-order valence-electron chi connectivity index (χ4n) is 3.50. The van der Waals surface area contributed by atoms with Crippen LogP contribution in [-0.2, 0) is 6.18 Å². The average Bonchev–Trinajstić information content (AvgIpc) is 3.14. The number of likely N-dealkylation sites (tertiary alicyclic amines) is 1. The molecule has 162 valence electrons. The van der Waals surface area contributed by atoms with Crippen LogP contribution in [0.3, 0.4) is 0 Å². The monoisotopic (exact) mass is 420 g/mol. The molecule has 1 aromatic carbocycles. The molecule has 2 aromatic rings. The molecule has 0 radical (unpaired) electrons. The van der Waals surface area contributed by atoms with Crippen LogP contribution in [-0.4, -0.2) is 46.3 Å². The van der Waals surface area contributed by atoms with E-state index in [-0.39, 0.29) is 11.7 Å². The van der Waals surface area contributed by atoms with Gasteiger partial charge in [-0.15, -0.1) is 0 Å². The minimum absolute atomic E-state index is 0.149. The second-order valence-corrected chi connectivity index (χ2v) is 7.98. The summed E-state index contributed by atoms with van der Waals surface area (Å²) in [6, 6.07) is 6.38. The van der Waals surface area contributed by atoms with Crippen LogP contribution in [0.5, 0.6) is 0 Å². The summed E-state index contributed by atoms with van der Waals surface area (Å²) in [5.74, 6) is -0.733. The number of nitrogens with one attached hydrogen (secondary N) is 1. The van der Waals surface area contributed by atoms with Gasteiger partial charge in [0.2, 0.25) is 0 Å². The number of alkyl halides is 3. The topological polar surface area (TPSA) is 50.2 Å². The number of carbonyl (C=O) groups excluding carboxylic acids is 1. The molecule has 8 heteroatoms. The van der Waals surface area contributed by atoms with E-state index in [0.29, 0.717) is 12.8 Å². The zero-order chi connectivity index (χ0) is 21.9. The number of aromatic nitrogens is 2. The molecule has 1 N–H and O–H groups in total. The Balaban J connectivity index is 1.74. The summed E-state index contributed by atoms with van der Waals surface area (Å²) < 4.78 is 42.2. The van der Waals surface area contributed by atoms with E-state index < -0.39 is 23.3 Å². The van der Waals surface area contributed by atoms with Crippen molar-refractivity contribution in [1.82, 2.24) is 20.0 Å². The molecule has 1 amide bonds. The zero-order valence-corrected chi connectivity index (χ0v) is 17.5. The van der Waals surface area contributed by atoms with Crippen molar-refractivity contribution in [2.45, 2.75) is 45.8 Å². The largest absolute Gasteiger partial charge is 0.434 e. The van der Waals surface area contributed by atoms with Gasteiger partial charge in [0.15, 0.2) is 5.69 Å². The van der Waals surface area contributed by atoms with Gasteiger partial charge in [0.25, 0.3) is 5.91 Å². The molecule has 1 aliphatic heterocycles. The van der Waals surface area contributed by atoms with Gasteiger partial charge >= 0.3 is 6.18 Å². The number of allylic oxidation sites excluding steroid dienone is 1. The standard InChI is InChI=1S/C22H27F3N4O/c1-15(2)8-11-28-12-9-17(10-13-28)27-21(30)19-14-26-29(20(19)22(23,24)25)18-6-4-16(3)5-7-18/h4-8,14,17H,9-13H2,1-3H3,(H,27,30). The first-order valence-electron chi connectivity index (χ1n) is 10.0. The summed E-state index contributed by atoms with van der Waals surface area (Å²) in [6.07, 6.45) is -0.150. The first kappa shape index (κ1) is 22.1. The Bertz CT molecular complexity index is 903. The van der Waals surface area contributed by atoms with Crippen LogP contribution in [0.25, 0.3) is 5.69 Å². The Morgan fingerprint density at radius 1 is 1.20 bits per heavy atom. The van der Waals surface area contributed by atoms with Crippen LogP contribution in [0, 0.1) is 6.92 Å². The molecule has 1 fully saturated rings. The number of benzene rings is 1. The van der Waals surface area contributed by atoms with Gasteiger partial charge in [0, 0.05) is 25.7 Å². The van der Waals surface area contributed by atoms with E-state index >= 15 is 0 Å². The number of halogens is 3. The van der Waals surface area contributed by atoms with Crippen LogP contribution >= 0.6 is 0 Å². The first-order valence-corrected chi connectivity index (χ1v) is 10.0. The van der Waals surface area contributed by atoms with Crippen molar-refractivity contribution < 1.29 is 18.0 Å². The van der Waals surface area contributed by atoms with Gasteiger partial charge in [-0.05, 0) is 45.7 Å². The summed E-state index contributed by atoms with van der Waals surface area (Å²) >= 11 is 0. The molecule has 0 saturated carbocycles. The third-order valence-electron chi connectivity index (χ3n) is 5.24. The fraction of sp³-hybridized carbons (Fsp3) is 0.455. The lowest BCUT2D eigenvalue weighted by Crippen LogP contribution is -2.45. The highest BCUT2D eigenvalue weighted by Crippen LogP contribution is 2.33. The molecule has 0 unspecified atom stereocenters. The van der Waals surface area contributed by atoms with Crippen molar-refractivity contribution in [3.8, 4) is 5.69 Å². The van der Waals surface area contributed by atoms with E-state index in [0.717, 1.165) is 36.1 Å². The molecule has 2 heterocycles. The van der Waals surface area contributed by atoms with Gasteiger partial charge in [-0.2, -0.15) is 18.3 Å². The molecule has 1 aromatic heterocycles. The summed E-state index contributed by atoms with van der Waals surface area (Å²) in [5.41, 5.74) is 0.934. The lowest BCUT2D eigenvalue weighted by atomic mass is 10.0. The van der Waals surface area contributed by atoms with Gasteiger partial charge < -0.3 is 5.32 Å². The maximum atomic E-state index is 13.8. The van der Waals surface area contributed by atoms with Crippen molar-refractivity contribution in [2.75, 3.05) is 19.6 Å². The van der Waals surface area contributed by atoms with Crippen LogP contribution in [0.2, 0.25) is 0 Å². The van der Waals surface area contributed by atoms with Gasteiger partial charge in [-0.3, -0.25) is 9.69 Å². The molecular formula is C22H27F3N4O. The molecule has 1 saturated heterocycles. The van der Waals surface area contributed by atoms with Crippen molar-refractivity contribution in [3.63, 3.8) is 0 Å². The number of carbonyl (C=O) groups is 1. The number of piperidine rings is 1. The number of hydrogen-bond acceptors (Lipinski definition) is 3. The molecule has 30 heavy (non-hydrogen) atoms.